The van der Waals surface area contributed by atoms with Crippen LogP contribution in [0.3, 0.4) is 0 Å². The van der Waals surface area contributed by atoms with Gasteiger partial charge in [0.05, 0.1) is 31.8 Å². The Kier molecular flexibility index (Phi) is 5.88. The summed E-state index contributed by atoms with van der Waals surface area (Å²) in [5, 5.41) is 14.4. The van der Waals surface area contributed by atoms with Gasteiger partial charge in [0.2, 0.25) is 5.28 Å². The van der Waals surface area contributed by atoms with Gasteiger partial charge in [0.25, 0.3) is 5.56 Å². The highest BCUT2D eigenvalue weighted by Crippen LogP contribution is 2.24. The maximum Gasteiger partial charge on any atom is 0.250 e. The number of methoxy groups -OCH3 is 1. The number of aromatic nitrogens is 5. The van der Waals surface area contributed by atoms with Gasteiger partial charge in [-0.15, -0.1) is 0 Å². The number of fused-ring (bicyclic) bond motifs is 1. The molecule has 0 saturated heterocycles. The lowest BCUT2D eigenvalue weighted by Gasteiger charge is -2.13. The Morgan fingerprint density at radius 1 is 1.19 bits per heavy atom. The molecule has 0 unspecified atom stereocenters. The summed E-state index contributed by atoms with van der Waals surface area (Å²) in [6, 6.07) is 8.93. The van der Waals surface area contributed by atoms with Crippen LogP contribution in [0.15, 0.2) is 47.5 Å². The van der Waals surface area contributed by atoms with Gasteiger partial charge in [-0.1, -0.05) is 12.1 Å². The van der Waals surface area contributed by atoms with Crippen molar-refractivity contribution in [3.05, 3.63) is 75.1 Å². The van der Waals surface area contributed by atoms with E-state index in [1.54, 1.807) is 34.8 Å². The largest absolute Gasteiger partial charge is 0.496 e. The van der Waals surface area contributed by atoms with Crippen molar-refractivity contribution in [3.8, 4) is 5.75 Å². The average Bonchev–Trinajstić information content (AvgIpc) is 3.16. The molecule has 0 aliphatic heterocycles. The van der Waals surface area contributed by atoms with E-state index < -0.39 is 0 Å². The number of pyridine rings is 1. The fourth-order valence-electron chi connectivity index (χ4n) is 3.45. The summed E-state index contributed by atoms with van der Waals surface area (Å²) in [7, 11) is 1.61. The molecule has 4 rings (SSSR count). The van der Waals surface area contributed by atoms with Crippen LogP contribution < -0.4 is 16.0 Å². The number of nitrogens with two attached hydrogens (primary N) is 1. The Balaban J connectivity index is 1.60. The first kappa shape index (κ1) is 20.8. The molecule has 9 nitrogen and oxygen atoms in total. The first-order chi connectivity index (χ1) is 15.0. The van der Waals surface area contributed by atoms with Gasteiger partial charge in [0, 0.05) is 18.8 Å². The lowest BCUT2D eigenvalue weighted by Crippen LogP contribution is -2.20. The smallest absolute Gasteiger partial charge is 0.250 e. The molecule has 160 valence electrons. The molecule has 0 bridgehead atoms. The highest BCUT2D eigenvalue weighted by molar-refractivity contribution is 6.28. The Labute approximate surface area is 182 Å². The zero-order valence-electron chi connectivity index (χ0n) is 16.8. The zero-order chi connectivity index (χ0) is 22.0. The van der Waals surface area contributed by atoms with Crippen LogP contribution in [-0.4, -0.2) is 36.5 Å². The molecule has 10 heteroatoms. The third-order valence-electron chi connectivity index (χ3n) is 5.02. The van der Waals surface area contributed by atoms with Crippen molar-refractivity contribution in [2.24, 2.45) is 0 Å². The van der Waals surface area contributed by atoms with Gasteiger partial charge in [0.15, 0.2) is 5.65 Å². The van der Waals surface area contributed by atoms with Crippen molar-refractivity contribution in [3.63, 3.8) is 0 Å². The second kappa shape index (κ2) is 8.75. The molecule has 31 heavy (non-hydrogen) atoms. The molecule has 0 atom stereocenters. The molecule has 0 saturated carbocycles. The van der Waals surface area contributed by atoms with Gasteiger partial charge < -0.3 is 20.1 Å². The summed E-state index contributed by atoms with van der Waals surface area (Å²) in [6.45, 7) is 0.790. The van der Waals surface area contributed by atoms with E-state index in [0.29, 0.717) is 36.1 Å². The Morgan fingerprint density at radius 2 is 2.00 bits per heavy atom. The van der Waals surface area contributed by atoms with Crippen LogP contribution in [0.5, 0.6) is 5.75 Å². The second-order valence-electron chi connectivity index (χ2n) is 7.04. The molecule has 3 N–H and O–H groups in total. The van der Waals surface area contributed by atoms with Gasteiger partial charge in [-0.25, -0.2) is 9.67 Å². The highest BCUT2D eigenvalue weighted by Gasteiger charge is 2.12. The van der Waals surface area contributed by atoms with Gasteiger partial charge in [-0.2, -0.15) is 10.1 Å². The fourth-order valence-corrected chi connectivity index (χ4v) is 3.62. The van der Waals surface area contributed by atoms with Crippen LogP contribution in [0.2, 0.25) is 5.28 Å². The molecule has 3 heterocycles. The zero-order valence-corrected chi connectivity index (χ0v) is 17.6. The lowest BCUT2D eigenvalue weighted by atomic mass is 10.1. The molecule has 0 aliphatic carbocycles. The highest BCUT2D eigenvalue weighted by atomic mass is 35.5. The number of rotatable bonds is 7. The molecule has 0 amide bonds. The van der Waals surface area contributed by atoms with Crippen LogP contribution >= 0.6 is 11.6 Å². The van der Waals surface area contributed by atoms with Crippen LogP contribution in [-0.2, 0) is 26.1 Å². The minimum absolute atomic E-state index is 0.0673. The molecule has 0 fully saturated rings. The summed E-state index contributed by atoms with van der Waals surface area (Å²) in [6.07, 6.45) is 3.86. The van der Waals surface area contributed by atoms with Crippen LogP contribution in [0, 0.1) is 0 Å². The van der Waals surface area contributed by atoms with E-state index in [2.05, 4.69) is 15.1 Å². The number of hydrogen-bond donors (Lipinski definition) is 2. The molecule has 1 aromatic carbocycles. The first-order valence-electron chi connectivity index (χ1n) is 9.59. The van der Waals surface area contributed by atoms with E-state index in [4.69, 9.17) is 22.1 Å². The predicted molar refractivity (Wildman–Crippen MR) is 117 cm³/mol. The lowest BCUT2D eigenvalue weighted by molar-refractivity contribution is 0.280. The molecule has 3 aromatic heterocycles. The van der Waals surface area contributed by atoms with Crippen LogP contribution in [0.4, 0.5) is 5.82 Å². The summed E-state index contributed by atoms with van der Waals surface area (Å²) in [4.78, 5) is 20.3. The summed E-state index contributed by atoms with van der Waals surface area (Å²) in [5.41, 5.74) is 8.95. The maximum absolute atomic E-state index is 12.1. The maximum atomic E-state index is 12.1. The first-order valence-corrected chi connectivity index (χ1v) is 9.97. The molecule has 0 aliphatic rings. The Morgan fingerprint density at radius 3 is 2.77 bits per heavy atom. The van der Waals surface area contributed by atoms with Gasteiger partial charge in [-0.05, 0) is 46.8 Å². The SMILES string of the molecule is COc1ccc(Cn2ncc3c(N)nc(Cl)nc32)cc1CCn1cc(CO)ccc1=O. The third kappa shape index (κ3) is 4.37. The van der Waals surface area contributed by atoms with E-state index >= 15 is 0 Å². The van der Waals surface area contributed by atoms with E-state index in [1.807, 2.05) is 18.2 Å². The quantitative estimate of drug-likeness (QED) is 0.421. The summed E-state index contributed by atoms with van der Waals surface area (Å²) in [5.74, 6) is 1.02. The number of anilines is 1. The standard InChI is InChI=1S/C21H21ClN6O3/c1-31-17-4-2-13(11-28-20-16(9-24-28)19(23)25-21(22)26-20)8-15(17)6-7-27-10-14(12-29)3-5-18(27)30/h2-5,8-10,29H,6-7,11-12H2,1H3,(H2,23,25,26). The normalized spacial score (nSPS) is 11.2. The number of ether oxygens (including phenoxy) is 1. The number of aliphatic hydroxyl groups excluding tert-OH is 1. The van der Waals surface area contributed by atoms with Gasteiger partial charge in [0.1, 0.15) is 11.6 Å². The van der Waals surface area contributed by atoms with E-state index in [9.17, 15) is 9.90 Å². The number of halogens is 1. The van der Waals surface area contributed by atoms with Crippen molar-refractivity contribution < 1.29 is 9.84 Å². The predicted octanol–water partition coefficient (Wildman–Crippen LogP) is 2.02. The van der Waals surface area contributed by atoms with Crippen molar-refractivity contribution in [1.82, 2.24) is 24.3 Å². The molecule has 4 aromatic rings. The molecular formula is C21H21ClN6O3. The van der Waals surface area contributed by atoms with Crippen molar-refractivity contribution in [1.29, 1.82) is 0 Å². The summed E-state index contributed by atoms with van der Waals surface area (Å²) >= 11 is 5.95. The van der Waals surface area contributed by atoms with E-state index in [1.165, 1.54) is 6.07 Å². The number of benzene rings is 1. The van der Waals surface area contributed by atoms with E-state index in [-0.39, 0.29) is 23.3 Å². The van der Waals surface area contributed by atoms with Crippen LogP contribution in [0.25, 0.3) is 11.0 Å². The average molecular weight is 441 g/mol. The number of hydrogen-bond acceptors (Lipinski definition) is 7. The molecule has 0 radical (unpaired) electrons. The fraction of sp³-hybridized carbons (Fsp3) is 0.238. The third-order valence-corrected chi connectivity index (χ3v) is 5.19. The second-order valence-corrected chi connectivity index (χ2v) is 7.38. The van der Waals surface area contributed by atoms with E-state index in [0.717, 1.165) is 16.9 Å². The van der Waals surface area contributed by atoms with Crippen molar-refractivity contribution >= 4 is 28.5 Å². The van der Waals surface area contributed by atoms with Crippen molar-refractivity contribution in [2.45, 2.75) is 26.1 Å². The number of aliphatic hydroxyl groups is 1. The minimum Gasteiger partial charge on any atom is -0.496 e. The minimum atomic E-state index is -0.121. The van der Waals surface area contributed by atoms with Crippen molar-refractivity contribution in [2.75, 3.05) is 12.8 Å². The topological polar surface area (TPSA) is 121 Å². The van der Waals surface area contributed by atoms with Gasteiger partial charge >= 0.3 is 0 Å². The number of nitrogen functional groups attached to an aromatic ring is 1. The molecule has 0 spiro atoms. The monoisotopic (exact) mass is 440 g/mol. The number of aryl methyl sites for hydroxylation is 2. The number of nitrogens with zero attached hydrogens (tertiary/aromatic N) is 5. The molecular weight excluding hydrogens is 420 g/mol. The summed E-state index contributed by atoms with van der Waals surface area (Å²) < 4.78 is 8.79. The Hall–Kier alpha value is -3.43. The Bertz CT molecular complexity index is 1300. The van der Waals surface area contributed by atoms with Gasteiger partial charge in [-0.3, -0.25) is 4.79 Å². The van der Waals surface area contributed by atoms with Crippen LogP contribution in [0.1, 0.15) is 16.7 Å².